The number of amides is 1. The van der Waals surface area contributed by atoms with Gasteiger partial charge in [-0.3, -0.25) is 14.3 Å². The number of carbonyl (C=O) groups is 3. The van der Waals surface area contributed by atoms with E-state index in [1.807, 2.05) is 0 Å². The van der Waals surface area contributed by atoms with Gasteiger partial charge in [0.1, 0.15) is 6.61 Å². The maximum Gasteiger partial charge on any atom is 0.338 e. The maximum absolute atomic E-state index is 12.2. The molecule has 0 unspecified atom stereocenters. The van der Waals surface area contributed by atoms with Gasteiger partial charge in [-0.2, -0.15) is 5.10 Å². The van der Waals surface area contributed by atoms with E-state index >= 15 is 0 Å². The minimum absolute atomic E-state index is 0.120. The molecule has 0 fully saturated rings. The van der Waals surface area contributed by atoms with Crippen LogP contribution in [0.15, 0.2) is 30.6 Å². The Hall–Kier alpha value is -2.96. The molecule has 7 heteroatoms. The summed E-state index contributed by atoms with van der Waals surface area (Å²) in [6.45, 7) is 0.442. The van der Waals surface area contributed by atoms with Crippen molar-refractivity contribution in [1.29, 1.82) is 0 Å². The van der Waals surface area contributed by atoms with Crippen molar-refractivity contribution in [1.82, 2.24) is 9.78 Å². The quantitative estimate of drug-likeness (QED) is 0.659. The van der Waals surface area contributed by atoms with Crippen molar-refractivity contribution < 1.29 is 19.1 Å². The molecule has 2 aromatic rings. The Balaban J connectivity index is 1.60. The molecule has 1 aromatic carbocycles. The van der Waals surface area contributed by atoms with Crippen LogP contribution in [0.3, 0.4) is 0 Å². The number of esters is 1. The van der Waals surface area contributed by atoms with Crippen LogP contribution in [-0.4, -0.2) is 34.0 Å². The Morgan fingerprint density at radius 1 is 1.20 bits per heavy atom. The fraction of sp³-hybridized carbons (Fsp3) is 0.333. The van der Waals surface area contributed by atoms with Gasteiger partial charge in [-0.15, -0.1) is 0 Å². The molecule has 130 valence electrons. The highest BCUT2D eigenvalue weighted by molar-refractivity contribution is 5.99. The van der Waals surface area contributed by atoms with Crippen molar-refractivity contribution in [3.05, 3.63) is 52.8 Å². The van der Waals surface area contributed by atoms with Crippen LogP contribution in [0.25, 0.3) is 0 Å². The summed E-state index contributed by atoms with van der Waals surface area (Å²) in [5.74, 6) is -0.860. The van der Waals surface area contributed by atoms with Gasteiger partial charge in [0, 0.05) is 18.2 Å². The molecule has 0 bridgehead atoms. The number of carbonyl (C=O) groups excluding carboxylic acids is 3. The maximum atomic E-state index is 12.2. The first-order chi connectivity index (χ1) is 12.0. The van der Waals surface area contributed by atoms with E-state index in [1.54, 1.807) is 18.2 Å². The summed E-state index contributed by atoms with van der Waals surface area (Å²) in [6.07, 6.45) is 6.06. The average Bonchev–Trinajstić information content (AvgIpc) is 2.99. The summed E-state index contributed by atoms with van der Waals surface area (Å²) < 4.78 is 6.74. The molecule has 1 aliphatic rings. The number of hydrogen-bond donors (Lipinski definition) is 1. The minimum atomic E-state index is -0.553. The molecule has 0 saturated carbocycles. The fourth-order valence-electron chi connectivity index (χ4n) is 2.86. The van der Waals surface area contributed by atoms with E-state index in [9.17, 15) is 14.4 Å². The zero-order chi connectivity index (χ0) is 17.8. The monoisotopic (exact) mass is 341 g/mol. The van der Waals surface area contributed by atoms with Crippen LogP contribution in [0.4, 0.5) is 0 Å². The lowest BCUT2D eigenvalue weighted by molar-refractivity contribution is 0.0487. The molecule has 0 spiro atoms. The smallest absolute Gasteiger partial charge is 0.338 e. The van der Waals surface area contributed by atoms with Crippen LogP contribution in [0, 0.1) is 0 Å². The number of nitrogens with two attached hydrogens (primary N) is 1. The predicted octanol–water partition coefficient (Wildman–Crippen LogP) is 1.75. The van der Waals surface area contributed by atoms with Crippen LogP contribution in [0.5, 0.6) is 0 Å². The molecular formula is C18H19N3O4. The largest absolute Gasteiger partial charge is 0.460 e. The van der Waals surface area contributed by atoms with Gasteiger partial charge >= 0.3 is 5.97 Å². The van der Waals surface area contributed by atoms with Crippen molar-refractivity contribution in [2.75, 3.05) is 6.61 Å². The number of hydrogen-bond acceptors (Lipinski definition) is 5. The number of ketones is 1. The Kier molecular flexibility index (Phi) is 4.92. The number of ether oxygens (including phenoxy) is 1. The fourth-order valence-corrected chi connectivity index (χ4v) is 2.86. The molecular weight excluding hydrogens is 322 g/mol. The molecule has 1 aliphatic carbocycles. The normalized spacial score (nSPS) is 13.8. The summed E-state index contributed by atoms with van der Waals surface area (Å²) in [6, 6.07) is 5.09. The number of aryl methyl sites for hydroxylation is 1. The highest BCUT2D eigenvalue weighted by atomic mass is 16.5. The van der Waals surface area contributed by atoms with E-state index < -0.39 is 11.9 Å². The summed E-state index contributed by atoms with van der Waals surface area (Å²) in [7, 11) is 0. The number of benzene rings is 1. The Morgan fingerprint density at radius 3 is 2.76 bits per heavy atom. The molecule has 2 N–H and O–H groups in total. The standard InChI is InChI=1S/C18H19N3O4/c19-17(23)14-10-20-21(11-14)7-8-25-18(24)13-5-6-15-12(9-13)3-1-2-4-16(15)22/h5-6,9-11H,1-4,7-8H2,(H2,19,23). The van der Waals surface area contributed by atoms with Crippen LogP contribution in [0.1, 0.15) is 55.9 Å². The lowest BCUT2D eigenvalue weighted by Crippen LogP contribution is -2.13. The highest BCUT2D eigenvalue weighted by Crippen LogP contribution is 2.22. The second kappa shape index (κ2) is 7.29. The number of Topliss-reactive ketones (excluding diaryl/α,β-unsaturated/α-hetero) is 1. The van der Waals surface area contributed by atoms with Crippen molar-refractivity contribution in [3.8, 4) is 0 Å². The Morgan fingerprint density at radius 2 is 2.00 bits per heavy atom. The molecule has 1 aromatic heterocycles. The zero-order valence-corrected chi connectivity index (χ0v) is 13.7. The molecule has 0 radical (unpaired) electrons. The van der Waals surface area contributed by atoms with Crippen molar-refractivity contribution in [2.24, 2.45) is 5.73 Å². The third-order valence-electron chi connectivity index (χ3n) is 4.21. The van der Waals surface area contributed by atoms with Crippen LogP contribution in [0.2, 0.25) is 0 Å². The molecule has 1 amide bonds. The van der Waals surface area contributed by atoms with Gasteiger partial charge in [-0.1, -0.05) is 6.07 Å². The van der Waals surface area contributed by atoms with E-state index in [4.69, 9.17) is 10.5 Å². The van der Waals surface area contributed by atoms with Crippen LogP contribution < -0.4 is 5.73 Å². The number of fused-ring (bicyclic) bond motifs is 1. The molecule has 0 atom stereocenters. The van der Waals surface area contributed by atoms with E-state index in [0.29, 0.717) is 29.7 Å². The van der Waals surface area contributed by atoms with Crippen molar-refractivity contribution in [3.63, 3.8) is 0 Å². The zero-order valence-electron chi connectivity index (χ0n) is 13.7. The first-order valence-electron chi connectivity index (χ1n) is 8.20. The number of nitrogens with zero attached hydrogens (tertiary/aromatic N) is 2. The minimum Gasteiger partial charge on any atom is -0.460 e. The first-order valence-corrected chi connectivity index (χ1v) is 8.20. The van der Waals surface area contributed by atoms with E-state index in [1.165, 1.54) is 17.1 Å². The van der Waals surface area contributed by atoms with Gasteiger partial charge < -0.3 is 10.5 Å². The number of aromatic nitrogens is 2. The molecule has 0 saturated heterocycles. The van der Waals surface area contributed by atoms with Gasteiger partial charge in [-0.25, -0.2) is 4.79 Å². The van der Waals surface area contributed by atoms with E-state index in [2.05, 4.69) is 5.10 Å². The van der Waals surface area contributed by atoms with Gasteiger partial charge in [0.2, 0.25) is 0 Å². The first kappa shape index (κ1) is 16.9. The van der Waals surface area contributed by atoms with Gasteiger partial charge in [0.15, 0.2) is 5.78 Å². The van der Waals surface area contributed by atoms with E-state index in [0.717, 1.165) is 24.8 Å². The predicted molar refractivity (Wildman–Crippen MR) is 89.4 cm³/mol. The van der Waals surface area contributed by atoms with Gasteiger partial charge in [-0.05, 0) is 37.0 Å². The van der Waals surface area contributed by atoms with Gasteiger partial charge in [0.25, 0.3) is 5.91 Å². The lowest BCUT2D eigenvalue weighted by atomic mass is 9.99. The SMILES string of the molecule is NC(=O)c1cnn(CCOC(=O)c2ccc3c(c2)CCCCC3=O)c1. The van der Waals surface area contributed by atoms with Crippen molar-refractivity contribution in [2.45, 2.75) is 32.2 Å². The second-order valence-electron chi connectivity index (χ2n) is 5.99. The van der Waals surface area contributed by atoms with Gasteiger partial charge in [0.05, 0.1) is 23.9 Å². The summed E-state index contributed by atoms with van der Waals surface area (Å²) in [5, 5.41) is 3.97. The van der Waals surface area contributed by atoms with Crippen LogP contribution >= 0.6 is 0 Å². The highest BCUT2D eigenvalue weighted by Gasteiger charge is 2.18. The second-order valence-corrected chi connectivity index (χ2v) is 5.99. The number of rotatable bonds is 5. The molecule has 7 nitrogen and oxygen atoms in total. The Labute approximate surface area is 144 Å². The summed E-state index contributed by atoms with van der Waals surface area (Å²) in [4.78, 5) is 35.2. The van der Waals surface area contributed by atoms with Crippen molar-refractivity contribution >= 4 is 17.7 Å². The van der Waals surface area contributed by atoms with E-state index in [-0.39, 0.29) is 12.4 Å². The molecule has 0 aliphatic heterocycles. The van der Waals surface area contributed by atoms with Crippen LogP contribution in [-0.2, 0) is 17.7 Å². The third-order valence-corrected chi connectivity index (χ3v) is 4.21. The summed E-state index contributed by atoms with van der Waals surface area (Å²) in [5.41, 5.74) is 7.52. The average molecular weight is 341 g/mol. The third kappa shape index (κ3) is 3.93. The molecule has 1 heterocycles. The summed E-state index contributed by atoms with van der Waals surface area (Å²) >= 11 is 0. The molecule has 25 heavy (non-hydrogen) atoms. The number of primary amides is 1. The molecule has 3 rings (SSSR count). The topological polar surface area (TPSA) is 104 Å². The Bertz CT molecular complexity index is 825. The lowest BCUT2D eigenvalue weighted by Gasteiger charge is -2.09.